The Bertz CT molecular complexity index is 1150. The Hall–Kier alpha value is -3.39. The lowest BCUT2D eigenvalue weighted by Crippen LogP contribution is -2.56. The minimum Gasteiger partial charge on any atom is -0.497 e. The van der Waals surface area contributed by atoms with Crippen molar-refractivity contribution in [2.75, 3.05) is 32.1 Å². The lowest BCUT2D eigenvalue weighted by Gasteiger charge is -2.49. The van der Waals surface area contributed by atoms with Crippen molar-refractivity contribution in [3.05, 3.63) is 66.1 Å². The number of hydrogen-bond acceptors (Lipinski definition) is 4. The molecule has 4 heterocycles. The molecule has 3 aliphatic heterocycles. The minimum atomic E-state index is -0.241. The molecule has 3 fully saturated rings. The van der Waals surface area contributed by atoms with Gasteiger partial charge in [0.2, 0.25) is 0 Å². The maximum atomic E-state index is 13.3. The molecule has 2 N–H and O–H groups in total. The van der Waals surface area contributed by atoms with Crippen LogP contribution in [0.3, 0.4) is 0 Å². The average molecular weight is 464 g/mol. The maximum absolute atomic E-state index is 13.3. The van der Waals surface area contributed by atoms with E-state index >= 15 is 0 Å². The Balaban J connectivity index is 1.19. The molecule has 3 aliphatic rings. The summed E-state index contributed by atoms with van der Waals surface area (Å²) in [6.07, 6.45) is 2.20. The summed E-state index contributed by atoms with van der Waals surface area (Å²) in [7, 11) is 3.61. The first-order valence-electron chi connectivity index (χ1n) is 11.7. The zero-order chi connectivity index (χ0) is 23.7. The van der Waals surface area contributed by atoms with E-state index in [0.29, 0.717) is 24.4 Å². The number of methoxy groups -OCH3 is 1. The molecule has 2 bridgehead atoms. The van der Waals surface area contributed by atoms with Gasteiger partial charge in [-0.15, -0.1) is 0 Å². The van der Waals surface area contributed by atoms with Gasteiger partial charge >= 0.3 is 6.03 Å². The summed E-state index contributed by atoms with van der Waals surface area (Å²) in [5.41, 5.74) is 3.76. The fraction of sp³-hybridized carbons (Fsp3) is 0.385. The van der Waals surface area contributed by atoms with Crippen LogP contribution in [0.1, 0.15) is 24.5 Å². The van der Waals surface area contributed by atoms with E-state index in [-0.39, 0.29) is 11.8 Å². The number of halogens is 1. The summed E-state index contributed by atoms with van der Waals surface area (Å²) in [5, 5.41) is 10.6. The number of carbonyl (C=O) groups excluding carboxylic acids is 1. The normalized spacial score (nSPS) is 23.5. The number of aryl methyl sites for hydroxylation is 1. The Labute approximate surface area is 198 Å². The lowest BCUT2D eigenvalue weighted by molar-refractivity contribution is 0.0296. The topological polar surface area (TPSA) is 71.4 Å². The summed E-state index contributed by atoms with van der Waals surface area (Å²) in [4.78, 5) is 14.9. The summed E-state index contributed by atoms with van der Waals surface area (Å²) in [6.45, 7) is 2.63. The van der Waals surface area contributed by atoms with Gasteiger partial charge in [-0.1, -0.05) is 0 Å². The molecular weight excluding hydrogens is 433 g/mol. The van der Waals surface area contributed by atoms with Crippen molar-refractivity contribution in [3.8, 4) is 17.0 Å². The van der Waals surface area contributed by atoms with Gasteiger partial charge < -0.3 is 15.4 Å². The highest BCUT2D eigenvalue weighted by Gasteiger charge is 2.41. The number of hydrogen-bond donors (Lipinski definition) is 2. The van der Waals surface area contributed by atoms with Gasteiger partial charge in [0.1, 0.15) is 11.6 Å². The van der Waals surface area contributed by atoms with Crippen LogP contribution in [-0.4, -0.2) is 53.5 Å². The molecule has 0 radical (unpaired) electrons. The second-order valence-electron chi connectivity index (χ2n) is 9.19. The first kappa shape index (κ1) is 22.4. The molecule has 3 saturated heterocycles. The SMILES string of the molecule is COc1ccc(NC(=O)NCC2CC3CCN2CC3c2cc(-c3ccc(F)cc3)nn2C)cc1. The van der Waals surface area contributed by atoms with E-state index in [1.807, 2.05) is 36.0 Å². The van der Waals surface area contributed by atoms with Crippen LogP contribution >= 0.6 is 0 Å². The van der Waals surface area contributed by atoms with E-state index in [0.717, 1.165) is 48.6 Å². The standard InChI is InChI=1S/C26H30FN5O2/c1-31-25(14-24(30-31)17-3-5-19(27)6-4-17)23-16-32-12-11-18(23)13-21(32)15-28-26(33)29-20-7-9-22(34-2)10-8-20/h3-10,14,18,21,23H,11-13,15-16H2,1-2H3,(H2,28,29,33). The van der Waals surface area contributed by atoms with E-state index in [2.05, 4.69) is 21.6 Å². The predicted molar refractivity (Wildman–Crippen MR) is 129 cm³/mol. The molecule has 0 spiro atoms. The molecule has 0 saturated carbocycles. The van der Waals surface area contributed by atoms with Gasteiger partial charge in [0, 0.05) is 49.0 Å². The van der Waals surface area contributed by atoms with E-state index in [1.54, 1.807) is 19.2 Å². The van der Waals surface area contributed by atoms with Crippen LogP contribution in [0.2, 0.25) is 0 Å². The number of rotatable bonds is 6. The first-order valence-corrected chi connectivity index (χ1v) is 11.7. The molecule has 8 heteroatoms. The quantitative estimate of drug-likeness (QED) is 0.574. The van der Waals surface area contributed by atoms with Crippen molar-refractivity contribution >= 4 is 11.7 Å². The number of urea groups is 1. The molecule has 6 rings (SSSR count). The molecule has 3 aromatic rings. The zero-order valence-electron chi connectivity index (χ0n) is 19.5. The van der Waals surface area contributed by atoms with Crippen molar-refractivity contribution in [2.24, 2.45) is 13.0 Å². The molecule has 1 aromatic heterocycles. The van der Waals surface area contributed by atoms with Gasteiger partial charge in [0.05, 0.1) is 12.8 Å². The van der Waals surface area contributed by atoms with Gasteiger partial charge in [-0.2, -0.15) is 5.10 Å². The number of piperidine rings is 3. The molecule has 2 aromatic carbocycles. The number of anilines is 1. The van der Waals surface area contributed by atoms with E-state index in [1.165, 1.54) is 17.8 Å². The van der Waals surface area contributed by atoms with Crippen molar-refractivity contribution < 1.29 is 13.9 Å². The summed E-state index contributed by atoms with van der Waals surface area (Å²) in [5.74, 6) is 1.47. The minimum absolute atomic E-state index is 0.195. The van der Waals surface area contributed by atoms with Crippen LogP contribution < -0.4 is 15.4 Å². The number of aromatic nitrogens is 2. The molecule has 2 amide bonds. The van der Waals surface area contributed by atoms with Crippen molar-refractivity contribution in [3.63, 3.8) is 0 Å². The predicted octanol–water partition coefficient (Wildman–Crippen LogP) is 4.23. The molecule has 178 valence electrons. The van der Waals surface area contributed by atoms with E-state index in [4.69, 9.17) is 9.84 Å². The zero-order valence-corrected chi connectivity index (χ0v) is 19.5. The Morgan fingerprint density at radius 1 is 1.18 bits per heavy atom. The Morgan fingerprint density at radius 2 is 1.94 bits per heavy atom. The fourth-order valence-corrected chi connectivity index (χ4v) is 5.34. The summed E-state index contributed by atoms with van der Waals surface area (Å²) in [6, 6.07) is 16.1. The van der Waals surface area contributed by atoms with Gasteiger partial charge in [-0.3, -0.25) is 9.58 Å². The number of benzene rings is 2. The largest absolute Gasteiger partial charge is 0.497 e. The van der Waals surface area contributed by atoms with Crippen LogP contribution in [0.15, 0.2) is 54.6 Å². The number of ether oxygens (including phenoxy) is 1. The second-order valence-corrected chi connectivity index (χ2v) is 9.19. The first-order chi connectivity index (χ1) is 16.5. The highest BCUT2D eigenvalue weighted by Crippen LogP contribution is 2.42. The highest BCUT2D eigenvalue weighted by atomic mass is 19.1. The van der Waals surface area contributed by atoms with E-state index < -0.39 is 0 Å². The average Bonchev–Trinajstić information content (AvgIpc) is 3.25. The van der Waals surface area contributed by atoms with E-state index in [9.17, 15) is 9.18 Å². The Morgan fingerprint density at radius 3 is 2.62 bits per heavy atom. The Kier molecular flexibility index (Phi) is 6.24. The number of nitrogens with zero attached hydrogens (tertiary/aromatic N) is 3. The van der Waals surface area contributed by atoms with Crippen LogP contribution in [0, 0.1) is 11.7 Å². The number of amides is 2. The molecule has 4 atom stereocenters. The third kappa shape index (κ3) is 4.63. The molecular formula is C26H30FN5O2. The second kappa shape index (κ2) is 9.46. The van der Waals surface area contributed by atoms with Gasteiger partial charge in [-0.05, 0) is 79.9 Å². The lowest BCUT2D eigenvalue weighted by atomic mass is 9.74. The molecule has 4 unspecified atom stereocenters. The third-order valence-corrected chi connectivity index (χ3v) is 7.16. The van der Waals surface area contributed by atoms with Gasteiger partial charge in [-0.25, -0.2) is 9.18 Å². The monoisotopic (exact) mass is 463 g/mol. The highest BCUT2D eigenvalue weighted by molar-refractivity contribution is 5.89. The van der Waals surface area contributed by atoms with Crippen molar-refractivity contribution in [2.45, 2.75) is 24.8 Å². The molecule has 0 aliphatic carbocycles. The third-order valence-electron chi connectivity index (χ3n) is 7.16. The summed E-state index contributed by atoms with van der Waals surface area (Å²) < 4.78 is 20.4. The van der Waals surface area contributed by atoms with Crippen LogP contribution in [-0.2, 0) is 7.05 Å². The number of nitrogens with one attached hydrogen (secondary N) is 2. The number of fused-ring (bicyclic) bond motifs is 3. The smallest absolute Gasteiger partial charge is 0.319 e. The number of carbonyl (C=O) groups is 1. The maximum Gasteiger partial charge on any atom is 0.319 e. The summed E-state index contributed by atoms with van der Waals surface area (Å²) >= 11 is 0. The van der Waals surface area contributed by atoms with Crippen LogP contribution in [0.4, 0.5) is 14.9 Å². The van der Waals surface area contributed by atoms with Crippen LogP contribution in [0.25, 0.3) is 11.3 Å². The fourth-order valence-electron chi connectivity index (χ4n) is 5.34. The van der Waals surface area contributed by atoms with Crippen LogP contribution in [0.5, 0.6) is 5.75 Å². The van der Waals surface area contributed by atoms with Gasteiger partial charge in [0.15, 0.2) is 0 Å². The van der Waals surface area contributed by atoms with Gasteiger partial charge in [0.25, 0.3) is 0 Å². The molecule has 34 heavy (non-hydrogen) atoms. The van der Waals surface area contributed by atoms with Crippen molar-refractivity contribution in [1.82, 2.24) is 20.0 Å². The van der Waals surface area contributed by atoms with Crippen molar-refractivity contribution in [1.29, 1.82) is 0 Å². The molecule has 7 nitrogen and oxygen atoms in total.